The standard InChI is InChI=1S/C10H17OSi/c1-10(2)7-3-4-8(10)9(5-7)11-6-12/h7-9H,3-6H2,1-2H3. The lowest BCUT2D eigenvalue weighted by Crippen LogP contribution is -2.25. The van der Waals surface area contributed by atoms with E-state index in [1.807, 2.05) is 0 Å². The SMILES string of the molecule is CC1(C)C2CCC1C(OC[Si])C2. The maximum Gasteiger partial charge on any atom is 0.0609 e. The van der Waals surface area contributed by atoms with E-state index in [1.165, 1.54) is 19.3 Å². The average molecular weight is 181 g/mol. The van der Waals surface area contributed by atoms with Crippen LogP contribution in [0.5, 0.6) is 0 Å². The minimum absolute atomic E-state index is 0.538. The molecule has 0 N–H and O–H groups in total. The molecule has 2 saturated carbocycles. The van der Waals surface area contributed by atoms with E-state index in [0.29, 0.717) is 17.7 Å². The Hall–Kier alpha value is 0.177. The van der Waals surface area contributed by atoms with E-state index >= 15 is 0 Å². The molecular formula is C10H17OSi. The Kier molecular flexibility index (Phi) is 2.08. The van der Waals surface area contributed by atoms with Crippen molar-refractivity contribution in [2.45, 2.75) is 39.2 Å². The first kappa shape index (κ1) is 8.76. The van der Waals surface area contributed by atoms with E-state index in [1.54, 1.807) is 0 Å². The molecule has 2 heteroatoms. The van der Waals surface area contributed by atoms with Gasteiger partial charge in [0.15, 0.2) is 0 Å². The van der Waals surface area contributed by atoms with Gasteiger partial charge in [0.2, 0.25) is 0 Å². The van der Waals surface area contributed by atoms with Gasteiger partial charge in [0.25, 0.3) is 0 Å². The molecule has 3 atom stereocenters. The molecule has 2 rings (SSSR count). The van der Waals surface area contributed by atoms with E-state index in [-0.39, 0.29) is 0 Å². The van der Waals surface area contributed by atoms with Crippen LogP contribution in [0, 0.1) is 17.3 Å². The van der Waals surface area contributed by atoms with Gasteiger partial charge in [-0.1, -0.05) is 13.8 Å². The fraction of sp³-hybridized carbons (Fsp3) is 1.00. The highest BCUT2D eigenvalue weighted by Crippen LogP contribution is 2.58. The van der Waals surface area contributed by atoms with E-state index < -0.39 is 0 Å². The monoisotopic (exact) mass is 181 g/mol. The van der Waals surface area contributed by atoms with E-state index in [2.05, 4.69) is 24.1 Å². The summed E-state index contributed by atoms with van der Waals surface area (Å²) in [5.41, 5.74) is 0.548. The molecular weight excluding hydrogens is 164 g/mol. The summed E-state index contributed by atoms with van der Waals surface area (Å²) in [6.45, 7) is 4.82. The Balaban J connectivity index is 2.08. The van der Waals surface area contributed by atoms with Gasteiger partial charge in [0, 0.05) is 6.23 Å². The molecule has 3 radical (unpaired) electrons. The number of hydrogen-bond donors (Lipinski definition) is 0. The van der Waals surface area contributed by atoms with Crippen molar-refractivity contribution < 1.29 is 4.74 Å². The minimum atomic E-state index is 0.538. The Morgan fingerprint density at radius 1 is 1.42 bits per heavy atom. The van der Waals surface area contributed by atoms with Crippen molar-refractivity contribution in [3.8, 4) is 0 Å². The molecule has 12 heavy (non-hydrogen) atoms. The van der Waals surface area contributed by atoms with Crippen LogP contribution in [-0.2, 0) is 4.74 Å². The lowest BCUT2D eigenvalue weighted by atomic mass is 9.82. The van der Waals surface area contributed by atoms with Gasteiger partial charge in [0.1, 0.15) is 0 Å². The summed E-state index contributed by atoms with van der Waals surface area (Å²) in [5, 5.41) is 0. The number of rotatable bonds is 2. The quantitative estimate of drug-likeness (QED) is 0.592. The summed E-state index contributed by atoms with van der Waals surface area (Å²) in [7, 11) is 3.39. The summed E-state index contributed by atoms with van der Waals surface area (Å²) in [6, 6.07) is 0. The summed E-state index contributed by atoms with van der Waals surface area (Å²) in [5.74, 6) is 1.74. The number of ether oxygens (including phenoxy) is 1. The zero-order valence-electron chi connectivity index (χ0n) is 7.97. The third-order valence-electron chi connectivity index (χ3n) is 4.10. The molecule has 2 fully saturated rings. The van der Waals surface area contributed by atoms with Crippen LogP contribution in [0.4, 0.5) is 0 Å². The largest absolute Gasteiger partial charge is 0.382 e. The summed E-state index contributed by atoms with van der Waals surface area (Å²) < 4.78 is 5.69. The highest BCUT2D eigenvalue weighted by Gasteiger charge is 2.53. The summed E-state index contributed by atoms with van der Waals surface area (Å²) in [6.07, 6.45) is 5.34. The topological polar surface area (TPSA) is 9.23 Å². The molecule has 0 saturated heterocycles. The maximum absolute atomic E-state index is 5.69. The van der Waals surface area contributed by atoms with Crippen LogP contribution >= 0.6 is 0 Å². The smallest absolute Gasteiger partial charge is 0.0609 e. The van der Waals surface area contributed by atoms with Gasteiger partial charge in [-0.2, -0.15) is 0 Å². The predicted octanol–water partition coefficient (Wildman–Crippen LogP) is 1.95. The van der Waals surface area contributed by atoms with Crippen LogP contribution in [0.1, 0.15) is 33.1 Å². The lowest BCUT2D eigenvalue weighted by Gasteiger charge is -2.26. The Morgan fingerprint density at radius 3 is 2.58 bits per heavy atom. The van der Waals surface area contributed by atoms with E-state index in [9.17, 15) is 0 Å². The van der Waals surface area contributed by atoms with Crippen molar-refractivity contribution in [3.05, 3.63) is 0 Å². The second-order valence-corrected chi connectivity index (χ2v) is 5.08. The third-order valence-corrected chi connectivity index (χ3v) is 4.26. The molecule has 1 nitrogen and oxygen atoms in total. The lowest BCUT2D eigenvalue weighted by molar-refractivity contribution is 0.0325. The van der Waals surface area contributed by atoms with Crippen molar-refractivity contribution in [2.75, 3.05) is 6.23 Å². The highest BCUT2D eigenvalue weighted by atomic mass is 28.1. The number of hydrogen-bond acceptors (Lipinski definition) is 1. The Labute approximate surface area is 78.3 Å². The van der Waals surface area contributed by atoms with Crippen molar-refractivity contribution in [1.82, 2.24) is 0 Å². The van der Waals surface area contributed by atoms with Gasteiger partial charge in [-0.25, -0.2) is 0 Å². The van der Waals surface area contributed by atoms with Gasteiger partial charge < -0.3 is 4.74 Å². The Morgan fingerprint density at radius 2 is 2.17 bits per heavy atom. The van der Waals surface area contributed by atoms with Gasteiger partial charge >= 0.3 is 0 Å². The summed E-state index contributed by atoms with van der Waals surface area (Å²) >= 11 is 0. The van der Waals surface area contributed by atoms with Gasteiger partial charge in [-0.3, -0.25) is 0 Å². The van der Waals surface area contributed by atoms with Gasteiger partial charge in [-0.05, 0) is 36.5 Å². The van der Waals surface area contributed by atoms with Gasteiger partial charge in [-0.15, -0.1) is 0 Å². The van der Waals surface area contributed by atoms with Crippen molar-refractivity contribution in [2.24, 2.45) is 17.3 Å². The zero-order valence-corrected chi connectivity index (χ0v) is 8.97. The molecule has 2 aliphatic rings. The molecule has 0 aromatic carbocycles. The molecule has 0 aromatic heterocycles. The first-order valence-electron chi connectivity index (χ1n) is 4.92. The van der Waals surface area contributed by atoms with Crippen molar-refractivity contribution in [1.29, 1.82) is 0 Å². The molecule has 0 amide bonds. The molecule has 0 spiro atoms. The van der Waals surface area contributed by atoms with Gasteiger partial charge in [0.05, 0.1) is 16.3 Å². The van der Waals surface area contributed by atoms with Crippen LogP contribution in [0.3, 0.4) is 0 Å². The van der Waals surface area contributed by atoms with Crippen LogP contribution < -0.4 is 0 Å². The average Bonchev–Trinajstić information content (AvgIpc) is 2.41. The van der Waals surface area contributed by atoms with Crippen molar-refractivity contribution >= 4 is 10.2 Å². The molecule has 2 aliphatic carbocycles. The molecule has 2 bridgehead atoms. The minimum Gasteiger partial charge on any atom is -0.382 e. The van der Waals surface area contributed by atoms with Crippen LogP contribution in [0.25, 0.3) is 0 Å². The van der Waals surface area contributed by atoms with Crippen LogP contribution in [0.2, 0.25) is 0 Å². The fourth-order valence-electron chi connectivity index (χ4n) is 3.25. The second kappa shape index (κ2) is 2.84. The normalized spacial score (nSPS) is 43.8. The first-order valence-corrected chi connectivity index (χ1v) is 5.63. The Bertz CT molecular complexity index is 179. The number of fused-ring (bicyclic) bond motifs is 2. The van der Waals surface area contributed by atoms with Crippen molar-refractivity contribution in [3.63, 3.8) is 0 Å². The molecule has 0 aliphatic heterocycles. The molecule has 0 heterocycles. The molecule has 0 aromatic rings. The predicted molar refractivity (Wildman–Crippen MR) is 50.1 cm³/mol. The first-order chi connectivity index (χ1) is 5.66. The van der Waals surface area contributed by atoms with Crippen LogP contribution in [0.15, 0.2) is 0 Å². The molecule has 67 valence electrons. The maximum atomic E-state index is 5.69. The van der Waals surface area contributed by atoms with E-state index in [0.717, 1.165) is 11.8 Å². The fourth-order valence-corrected chi connectivity index (χ4v) is 3.46. The van der Waals surface area contributed by atoms with Crippen LogP contribution in [-0.4, -0.2) is 22.6 Å². The second-order valence-electron chi connectivity index (χ2n) is 4.79. The zero-order chi connectivity index (χ0) is 8.77. The van der Waals surface area contributed by atoms with E-state index in [4.69, 9.17) is 4.74 Å². The highest BCUT2D eigenvalue weighted by molar-refractivity contribution is 6.08. The molecule has 3 unspecified atom stereocenters. The summed E-state index contributed by atoms with van der Waals surface area (Å²) in [4.78, 5) is 0. The third kappa shape index (κ3) is 1.08.